The standard InChI is InChI=1S/C27H52/c1-7-12-14-18-26(23(6)16-13-8-2)24(10-4)17-15-21-27(20-9-3)22-19-25(27)11-5/h15,17,23-26H,7-14,16,18-22H2,1-6H3. The van der Waals surface area contributed by atoms with E-state index >= 15 is 0 Å². The Morgan fingerprint density at radius 2 is 1.67 bits per heavy atom. The first-order valence-corrected chi connectivity index (χ1v) is 12.7. The number of unbranched alkanes of at least 4 members (excludes halogenated alkanes) is 3. The van der Waals surface area contributed by atoms with Crippen LogP contribution in [0.25, 0.3) is 0 Å². The Hall–Kier alpha value is -0.260. The van der Waals surface area contributed by atoms with E-state index < -0.39 is 0 Å². The van der Waals surface area contributed by atoms with Gasteiger partial charge >= 0.3 is 0 Å². The summed E-state index contributed by atoms with van der Waals surface area (Å²) in [5.74, 6) is 3.57. The monoisotopic (exact) mass is 376 g/mol. The second-order valence-corrected chi connectivity index (χ2v) is 9.74. The van der Waals surface area contributed by atoms with Gasteiger partial charge in [0, 0.05) is 0 Å². The van der Waals surface area contributed by atoms with Crippen LogP contribution in [0.4, 0.5) is 0 Å². The topological polar surface area (TPSA) is 0 Å². The van der Waals surface area contributed by atoms with Gasteiger partial charge < -0.3 is 0 Å². The molecule has 1 saturated carbocycles. The van der Waals surface area contributed by atoms with Crippen molar-refractivity contribution in [2.75, 3.05) is 0 Å². The summed E-state index contributed by atoms with van der Waals surface area (Å²) in [6.45, 7) is 14.4. The molecule has 5 unspecified atom stereocenters. The molecule has 160 valence electrons. The van der Waals surface area contributed by atoms with Gasteiger partial charge in [0.25, 0.3) is 0 Å². The maximum atomic E-state index is 2.67. The molecule has 0 heteroatoms. The minimum Gasteiger partial charge on any atom is -0.0877 e. The van der Waals surface area contributed by atoms with Crippen LogP contribution in [0.3, 0.4) is 0 Å². The average molecular weight is 377 g/mol. The SMILES string of the molecule is CCCCCC(C(C)CCCC)C(C=CCC1(CCC)CCC1CC)CC. The van der Waals surface area contributed by atoms with Gasteiger partial charge in [-0.25, -0.2) is 0 Å². The summed E-state index contributed by atoms with van der Waals surface area (Å²) >= 11 is 0. The highest BCUT2D eigenvalue weighted by molar-refractivity contribution is 5.02. The molecule has 0 aliphatic heterocycles. The first-order valence-electron chi connectivity index (χ1n) is 12.7. The lowest BCUT2D eigenvalue weighted by Gasteiger charge is -2.50. The highest BCUT2D eigenvalue weighted by Gasteiger charge is 2.43. The average Bonchev–Trinajstić information content (AvgIpc) is 2.66. The van der Waals surface area contributed by atoms with Crippen molar-refractivity contribution in [1.29, 1.82) is 0 Å². The van der Waals surface area contributed by atoms with E-state index in [0.29, 0.717) is 5.41 Å². The van der Waals surface area contributed by atoms with Gasteiger partial charge in [-0.3, -0.25) is 0 Å². The molecule has 0 bridgehead atoms. The molecule has 0 amide bonds. The summed E-state index contributed by atoms with van der Waals surface area (Å²) in [5, 5.41) is 0. The van der Waals surface area contributed by atoms with Crippen LogP contribution < -0.4 is 0 Å². The molecular formula is C27H52. The van der Waals surface area contributed by atoms with E-state index in [4.69, 9.17) is 0 Å². The number of hydrogen-bond donors (Lipinski definition) is 0. The molecule has 1 fully saturated rings. The van der Waals surface area contributed by atoms with Gasteiger partial charge in [-0.1, -0.05) is 105 Å². The van der Waals surface area contributed by atoms with Crippen LogP contribution >= 0.6 is 0 Å². The second kappa shape index (κ2) is 13.8. The molecule has 0 aromatic carbocycles. The van der Waals surface area contributed by atoms with Crippen LogP contribution in [0.5, 0.6) is 0 Å². The smallest absolute Gasteiger partial charge is 0.0205 e. The van der Waals surface area contributed by atoms with Gasteiger partial charge in [-0.2, -0.15) is 0 Å². The van der Waals surface area contributed by atoms with Crippen molar-refractivity contribution in [3.8, 4) is 0 Å². The Morgan fingerprint density at radius 3 is 2.19 bits per heavy atom. The van der Waals surface area contributed by atoms with E-state index in [2.05, 4.69) is 53.7 Å². The largest absolute Gasteiger partial charge is 0.0877 e. The van der Waals surface area contributed by atoms with Crippen molar-refractivity contribution in [3.63, 3.8) is 0 Å². The fraction of sp³-hybridized carbons (Fsp3) is 0.926. The van der Waals surface area contributed by atoms with Gasteiger partial charge in [0.1, 0.15) is 0 Å². The molecule has 0 radical (unpaired) electrons. The predicted octanol–water partition coefficient (Wildman–Crippen LogP) is 9.59. The van der Waals surface area contributed by atoms with E-state index in [9.17, 15) is 0 Å². The zero-order valence-corrected chi connectivity index (χ0v) is 19.9. The van der Waals surface area contributed by atoms with Crippen molar-refractivity contribution >= 4 is 0 Å². The van der Waals surface area contributed by atoms with E-state index in [-0.39, 0.29) is 0 Å². The maximum absolute atomic E-state index is 2.67. The van der Waals surface area contributed by atoms with Crippen molar-refractivity contribution in [1.82, 2.24) is 0 Å². The van der Waals surface area contributed by atoms with Crippen LogP contribution in [-0.4, -0.2) is 0 Å². The molecule has 0 heterocycles. The van der Waals surface area contributed by atoms with Gasteiger partial charge in [0.15, 0.2) is 0 Å². The minimum atomic E-state index is 0.657. The highest BCUT2D eigenvalue weighted by Crippen LogP contribution is 2.54. The van der Waals surface area contributed by atoms with Crippen LogP contribution in [-0.2, 0) is 0 Å². The fourth-order valence-corrected chi connectivity index (χ4v) is 5.94. The summed E-state index contributed by atoms with van der Waals surface area (Å²) in [4.78, 5) is 0. The summed E-state index contributed by atoms with van der Waals surface area (Å²) in [5.41, 5.74) is 0.657. The second-order valence-electron chi connectivity index (χ2n) is 9.74. The first kappa shape index (κ1) is 24.8. The third kappa shape index (κ3) is 7.58. The summed E-state index contributed by atoms with van der Waals surface area (Å²) < 4.78 is 0. The van der Waals surface area contributed by atoms with Crippen molar-refractivity contribution in [3.05, 3.63) is 12.2 Å². The lowest BCUT2D eigenvalue weighted by atomic mass is 9.55. The lowest BCUT2D eigenvalue weighted by Crippen LogP contribution is -2.39. The van der Waals surface area contributed by atoms with Gasteiger partial charge in [-0.05, 0) is 67.6 Å². The van der Waals surface area contributed by atoms with Gasteiger partial charge in [0.2, 0.25) is 0 Å². The minimum absolute atomic E-state index is 0.657. The molecule has 0 saturated heterocycles. The number of rotatable bonds is 16. The van der Waals surface area contributed by atoms with Crippen molar-refractivity contribution < 1.29 is 0 Å². The maximum Gasteiger partial charge on any atom is -0.0205 e. The van der Waals surface area contributed by atoms with Crippen molar-refractivity contribution in [2.45, 2.75) is 131 Å². The molecular weight excluding hydrogens is 324 g/mol. The third-order valence-corrected chi connectivity index (χ3v) is 7.91. The summed E-state index contributed by atoms with van der Waals surface area (Å²) in [6, 6.07) is 0. The molecule has 5 atom stereocenters. The Morgan fingerprint density at radius 1 is 0.926 bits per heavy atom. The van der Waals surface area contributed by atoms with E-state index in [1.54, 1.807) is 0 Å². The number of allylic oxidation sites excluding steroid dienone is 2. The third-order valence-electron chi connectivity index (χ3n) is 7.91. The highest BCUT2D eigenvalue weighted by atomic mass is 14.5. The Kier molecular flexibility index (Phi) is 12.7. The normalized spacial score (nSPS) is 26.1. The van der Waals surface area contributed by atoms with Gasteiger partial charge in [0.05, 0.1) is 0 Å². The number of hydrogen-bond acceptors (Lipinski definition) is 0. The van der Waals surface area contributed by atoms with E-state index in [1.807, 2.05) is 0 Å². The molecule has 0 N–H and O–H groups in total. The quantitative estimate of drug-likeness (QED) is 0.186. The van der Waals surface area contributed by atoms with Crippen molar-refractivity contribution in [2.24, 2.45) is 29.1 Å². The van der Waals surface area contributed by atoms with E-state index in [0.717, 1.165) is 23.7 Å². The van der Waals surface area contributed by atoms with Crippen LogP contribution in [0.15, 0.2) is 12.2 Å². The Balaban J connectivity index is 2.74. The summed E-state index contributed by atoms with van der Waals surface area (Å²) in [7, 11) is 0. The molecule has 0 aromatic heterocycles. The van der Waals surface area contributed by atoms with Crippen LogP contribution in [0.1, 0.15) is 131 Å². The molecule has 1 rings (SSSR count). The fourth-order valence-electron chi connectivity index (χ4n) is 5.94. The zero-order valence-electron chi connectivity index (χ0n) is 19.9. The zero-order chi connectivity index (χ0) is 20.1. The van der Waals surface area contributed by atoms with Gasteiger partial charge in [-0.15, -0.1) is 0 Å². The molecule has 0 nitrogen and oxygen atoms in total. The summed E-state index contributed by atoms with van der Waals surface area (Å²) in [6.07, 6.45) is 24.9. The van der Waals surface area contributed by atoms with Crippen LogP contribution in [0, 0.1) is 29.1 Å². The molecule has 1 aliphatic carbocycles. The first-order chi connectivity index (χ1) is 13.1. The van der Waals surface area contributed by atoms with E-state index in [1.165, 1.54) is 89.9 Å². The van der Waals surface area contributed by atoms with Crippen LogP contribution in [0.2, 0.25) is 0 Å². The Labute approximate surface area is 173 Å². The Bertz CT molecular complexity index is 379. The molecule has 0 spiro atoms. The lowest BCUT2D eigenvalue weighted by molar-refractivity contribution is 0.0192. The molecule has 27 heavy (non-hydrogen) atoms. The molecule has 1 aliphatic rings. The molecule has 0 aromatic rings. The predicted molar refractivity (Wildman–Crippen MR) is 124 cm³/mol.